The molecule has 1 amide bonds. The summed E-state index contributed by atoms with van der Waals surface area (Å²) < 4.78 is 0. The molecule has 1 N–H and O–H groups in total. The van der Waals surface area contributed by atoms with Crippen molar-refractivity contribution in [2.24, 2.45) is 0 Å². The molecule has 0 saturated carbocycles. The number of hydrogen-bond acceptors (Lipinski definition) is 5. The molecule has 2 aromatic heterocycles. The fourth-order valence-corrected chi connectivity index (χ4v) is 3.40. The van der Waals surface area contributed by atoms with Gasteiger partial charge in [-0.1, -0.05) is 30.0 Å². The lowest BCUT2D eigenvalue weighted by molar-refractivity contribution is -0.385. The highest BCUT2D eigenvalue weighted by molar-refractivity contribution is 7.13. The van der Waals surface area contributed by atoms with Gasteiger partial charge < -0.3 is 5.32 Å². The first-order chi connectivity index (χ1) is 13.1. The Morgan fingerprint density at radius 3 is 2.74 bits per heavy atom. The summed E-state index contributed by atoms with van der Waals surface area (Å²) >= 11 is 1.44. The van der Waals surface area contributed by atoms with Gasteiger partial charge in [-0.25, -0.2) is 4.98 Å². The molecule has 0 bridgehead atoms. The average molecular weight is 373 g/mol. The number of nitrogens with zero attached hydrogens (tertiary/aromatic N) is 2. The minimum Gasteiger partial charge on any atom is -0.306 e. The van der Waals surface area contributed by atoms with E-state index in [1.807, 2.05) is 42.5 Å². The van der Waals surface area contributed by atoms with E-state index in [4.69, 9.17) is 0 Å². The van der Waals surface area contributed by atoms with Crippen LogP contribution in [0.4, 0.5) is 11.5 Å². The van der Waals surface area contributed by atoms with E-state index in [9.17, 15) is 14.9 Å². The van der Waals surface area contributed by atoms with Gasteiger partial charge in [-0.2, -0.15) is 0 Å². The first-order valence-corrected chi connectivity index (χ1v) is 8.76. The summed E-state index contributed by atoms with van der Waals surface area (Å²) in [4.78, 5) is 28.3. The van der Waals surface area contributed by atoms with Crippen LogP contribution < -0.4 is 5.32 Å². The highest BCUT2D eigenvalue weighted by atomic mass is 32.1. The number of benzene rings is 1. The molecule has 27 heavy (non-hydrogen) atoms. The lowest BCUT2D eigenvalue weighted by atomic mass is 10.1. The van der Waals surface area contributed by atoms with Crippen LogP contribution in [0, 0.1) is 22.0 Å². The van der Waals surface area contributed by atoms with E-state index in [1.54, 1.807) is 6.08 Å². The quantitative estimate of drug-likeness (QED) is 0.319. The molecule has 1 aliphatic rings. The number of aromatic nitrogens is 1. The largest absolute Gasteiger partial charge is 0.306 e. The van der Waals surface area contributed by atoms with Crippen LogP contribution in [-0.2, 0) is 4.79 Å². The van der Waals surface area contributed by atoms with Gasteiger partial charge in [0.25, 0.3) is 11.6 Å². The summed E-state index contributed by atoms with van der Waals surface area (Å²) in [7, 11) is 0. The number of fused-ring (bicyclic) bond motifs is 1. The zero-order valence-electron chi connectivity index (χ0n) is 13.8. The number of hydrogen-bond donors (Lipinski definition) is 1. The number of rotatable bonds is 2. The summed E-state index contributed by atoms with van der Waals surface area (Å²) in [6.45, 7) is 0. The minimum absolute atomic E-state index is 0.156. The number of thiophene rings is 1. The van der Waals surface area contributed by atoms with Gasteiger partial charge in [-0.15, -0.1) is 11.3 Å². The molecule has 7 heteroatoms. The molecule has 130 valence electrons. The molecular weight excluding hydrogens is 362 g/mol. The predicted octanol–water partition coefficient (Wildman–Crippen LogP) is 3.94. The number of pyridine rings is 1. The van der Waals surface area contributed by atoms with Crippen molar-refractivity contribution < 1.29 is 9.72 Å². The predicted molar refractivity (Wildman–Crippen MR) is 104 cm³/mol. The third-order valence-corrected chi connectivity index (χ3v) is 4.82. The molecule has 6 nitrogen and oxygen atoms in total. The monoisotopic (exact) mass is 373 g/mol. The van der Waals surface area contributed by atoms with E-state index < -0.39 is 4.92 Å². The minimum atomic E-state index is -0.532. The summed E-state index contributed by atoms with van der Waals surface area (Å²) in [6.07, 6.45) is 2.83. The van der Waals surface area contributed by atoms with Gasteiger partial charge in [0, 0.05) is 22.1 Å². The standard InChI is InChI=1S/C20H11N3O3S/c24-20-18(17-10-14(23(25)26)12-21-19(17)22-20)11-16-9-8-15(27-16)7-6-13-4-2-1-3-5-13/h1-5,8-12H,(H,21,22,24). The van der Waals surface area contributed by atoms with E-state index in [0.29, 0.717) is 17.0 Å². The van der Waals surface area contributed by atoms with Crippen LogP contribution in [0.25, 0.3) is 11.6 Å². The average Bonchev–Trinajstić information content (AvgIpc) is 3.25. The van der Waals surface area contributed by atoms with Crippen LogP contribution in [0.5, 0.6) is 0 Å². The van der Waals surface area contributed by atoms with Gasteiger partial charge in [-0.05, 0) is 30.3 Å². The fourth-order valence-electron chi connectivity index (χ4n) is 2.59. The Bertz CT molecular complexity index is 1150. The lowest BCUT2D eigenvalue weighted by Crippen LogP contribution is -2.04. The smallest absolute Gasteiger partial charge is 0.288 e. The van der Waals surface area contributed by atoms with Crippen LogP contribution >= 0.6 is 11.3 Å². The first kappa shape index (κ1) is 16.7. The Kier molecular flexibility index (Phi) is 4.24. The van der Waals surface area contributed by atoms with Gasteiger partial charge in [-0.3, -0.25) is 14.9 Å². The van der Waals surface area contributed by atoms with E-state index >= 15 is 0 Å². The number of carbonyl (C=O) groups excluding carboxylic acids is 1. The van der Waals surface area contributed by atoms with E-state index in [2.05, 4.69) is 22.1 Å². The van der Waals surface area contributed by atoms with E-state index in [0.717, 1.165) is 21.5 Å². The Labute approximate surface area is 158 Å². The SMILES string of the molecule is O=C1Nc2ncc([N+](=O)[O-])cc2C1=Cc1ccc(C#Cc2ccccc2)s1. The summed E-state index contributed by atoms with van der Waals surface area (Å²) in [5, 5.41) is 13.6. The number of nitrogens with one attached hydrogen (secondary N) is 1. The van der Waals surface area contributed by atoms with Crippen molar-refractivity contribution in [3.63, 3.8) is 0 Å². The Hall–Kier alpha value is -3.76. The molecule has 1 aromatic carbocycles. The van der Waals surface area contributed by atoms with Crippen molar-refractivity contribution >= 4 is 40.4 Å². The maximum Gasteiger partial charge on any atom is 0.288 e. The van der Waals surface area contributed by atoms with Gasteiger partial charge in [0.1, 0.15) is 12.0 Å². The molecule has 0 aliphatic carbocycles. The van der Waals surface area contributed by atoms with Gasteiger partial charge in [0.05, 0.1) is 15.4 Å². The topological polar surface area (TPSA) is 85.1 Å². The van der Waals surface area contributed by atoms with Crippen molar-refractivity contribution in [1.29, 1.82) is 0 Å². The highest BCUT2D eigenvalue weighted by Gasteiger charge is 2.27. The van der Waals surface area contributed by atoms with Crippen LogP contribution in [0.1, 0.15) is 20.9 Å². The van der Waals surface area contributed by atoms with E-state index in [1.165, 1.54) is 17.4 Å². The molecule has 0 spiro atoms. The molecule has 0 radical (unpaired) electrons. The zero-order valence-corrected chi connectivity index (χ0v) is 14.6. The molecule has 0 atom stereocenters. The Balaban J connectivity index is 1.65. The molecule has 4 rings (SSSR count). The summed E-state index contributed by atoms with van der Waals surface area (Å²) in [6, 6.07) is 14.8. The Morgan fingerprint density at radius 1 is 1.15 bits per heavy atom. The van der Waals surface area contributed by atoms with Crippen molar-refractivity contribution in [3.05, 3.63) is 85.7 Å². The maximum atomic E-state index is 12.2. The third-order valence-electron chi connectivity index (χ3n) is 3.87. The highest BCUT2D eigenvalue weighted by Crippen LogP contribution is 2.34. The van der Waals surface area contributed by atoms with Crippen LogP contribution in [0.3, 0.4) is 0 Å². The number of anilines is 1. The molecule has 1 aliphatic heterocycles. The molecule has 0 saturated heterocycles. The van der Waals surface area contributed by atoms with Crippen molar-refractivity contribution in [1.82, 2.24) is 4.98 Å². The number of amides is 1. The molecule has 3 aromatic rings. The molecular formula is C20H11N3O3S. The normalized spacial score (nSPS) is 13.6. The van der Waals surface area contributed by atoms with Gasteiger partial charge >= 0.3 is 0 Å². The van der Waals surface area contributed by atoms with Crippen LogP contribution in [0.2, 0.25) is 0 Å². The van der Waals surface area contributed by atoms with Crippen molar-refractivity contribution in [2.45, 2.75) is 0 Å². The molecule has 3 heterocycles. The Morgan fingerprint density at radius 2 is 1.96 bits per heavy atom. The second kappa shape index (κ2) is 6.86. The van der Waals surface area contributed by atoms with E-state index in [-0.39, 0.29) is 11.6 Å². The van der Waals surface area contributed by atoms with Crippen molar-refractivity contribution in [2.75, 3.05) is 5.32 Å². The fraction of sp³-hybridized carbons (Fsp3) is 0. The van der Waals surface area contributed by atoms with Gasteiger partial charge in [0.15, 0.2) is 0 Å². The lowest BCUT2D eigenvalue weighted by Gasteiger charge is -1.97. The van der Waals surface area contributed by atoms with Crippen LogP contribution in [0.15, 0.2) is 54.7 Å². The second-order valence-corrected chi connectivity index (χ2v) is 6.79. The maximum absolute atomic E-state index is 12.2. The second-order valence-electron chi connectivity index (χ2n) is 5.68. The summed E-state index contributed by atoms with van der Waals surface area (Å²) in [5.41, 5.74) is 1.55. The zero-order chi connectivity index (χ0) is 18.8. The summed E-state index contributed by atoms with van der Waals surface area (Å²) in [5.74, 6) is 6.19. The molecule has 0 unspecified atom stereocenters. The van der Waals surface area contributed by atoms with Crippen LogP contribution in [-0.4, -0.2) is 15.8 Å². The number of nitro groups is 1. The first-order valence-electron chi connectivity index (χ1n) is 7.95. The van der Waals surface area contributed by atoms with Crippen molar-refractivity contribution in [3.8, 4) is 11.8 Å². The van der Waals surface area contributed by atoms with Gasteiger partial charge in [0.2, 0.25) is 0 Å². The number of carbonyl (C=O) groups is 1. The third kappa shape index (κ3) is 3.47. The molecule has 0 fully saturated rings.